The van der Waals surface area contributed by atoms with Crippen molar-refractivity contribution in [3.05, 3.63) is 23.9 Å². The van der Waals surface area contributed by atoms with Gasteiger partial charge in [-0.15, -0.1) is 0 Å². The summed E-state index contributed by atoms with van der Waals surface area (Å²) in [4.78, 5) is 6.69. The molecular weight excluding hydrogens is 226 g/mol. The van der Waals surface area contributed by atoms with Crippen LogP contribution in [0.2, 0.25) is 0 Å². The number of aliphatic hydroxyl groups is 1. The maximum Gasteiger partial charge on any atom is 0.133 e. The van der Waals surface area contributed by atoms with Crippen LogP contribution in [-0.4, -0.2) is 35.3 Å². The molecule has 0 spiro atoms. The second-order valence-electron chi connectivity index (χ2n) is 5.36. The van der Waals surface area contributed by atoms with Gasteiger partial charge in [-0.25, -0.2) is 4.98 Å². The van der Waals surface area contributed by atoms with Gasteiger partial charge in [0, 0.05) is 30.9 Å². The summed E-state index contributed by atoms with van der Waals surface area (Å²) >= 11 is 0. The van der Waals surface area contributed by atoms with E-state index in [0.29, 0.717) is 6.54 Å². The highest BCUT2D eigenvalue weighted by atomic mass is 16.3. The zero-order valence-electron chi connectivity index (χ0n) is 11.5. The Morgan fingerprint density at radius 2 is 2.39 bits per heavy atom. The van der Waals surface area contributed by atoms with Crippen LogP contribution in [0, 0.1) is 0 Å². The SMILES string of the molecule is CCNC(C)c1cccnc1N1CCC(C)(O)C1. The lowest BCUT2D eigenvalue weighted by atomic mass is 10.1. The molecular formula is C14H23N3O. The largest absolute Gasteiger partial charge is 0.388 e. The Labute approximate surface area is 109 Å². The van der Waals surface area contributed by atoms with Crippen molar-refractivity contribution in [1.29, 1.82) is 0 Å². The number of hydrogen-bond acceptors (Lipinski definition) is 4. The van der Waals surface area contributed by atoms with Crippen molar-refractivity contribution in [1.82, 2.24) is 10.3 Å². The van der Waals surface area contributed by atoms with Gasteiger partial charge in [0.25, 0.3) is 0 Å². The third kappa shape index (κ3) is 2.82. The maximum absolute atomic E-state index is 10.1. The summed E-state index contributed by atoms with van der Waals surface area (Å²) in [5.41, 5.74) is 0.619. The van der Waals surface area contributed by atoms with Crippen LogP contribution < -0.4 is 10.2 Å². The predicted molar refractivity (Wildman–Crippen MR) is 73.8 cm³/mol. The van der Waals surface area contributed by atoms with Crippen LogP contribution in [0.3, 0.4) is 0 Å². The summed E-state index contributed by atoms with van der Waals surface area (Å²) in [7, 11) is 0. The van der Waals surface area contributed by atoms with Crippen LogP contribution >= 0.6 is 0 Å². The first-order valence-electron chi connectivity index (χ1n) is 6.69. The second kappa shape index (κ2) is 5.24. The van der Waals surface area contributed by atoms with Gasteiger partial charge in [0.15, 0.2) is 0 Å². The molecule has 0 radical (unpaired) electrons. The molecule has 1 aromatic rings. The van der Waals surface area contributed by atoms with Crippen LogP contribution in [0.4, 0.5) is 5.82 Å². The summed E-state index contributed by atoms with van der Waals surface area (Å²) < 4.78 is 0. The summed E-state index contributed by atoms with van der Waals surface area (Å²) in [6, 6.07) is 4.37. The zero-order chi connectivity index (χ0) is 13.2. The number of nitrogens with zero attached hydrogens (tertiary/aromatic N) is 2. The van der Waals surface area contributed by atoms with E-state index in [9.17, 15) is 5.11 Å². The van der Waals surface area contributed by atoms with E-state index >= 15 is 0 Å². The van der Waals surface area contributed by atoms with E-state index in [1.54, 1.807) is 0 Å². The summed E-state index contributed by atoms with van der Waals surface area (Å²) in [6.45, 7) is 8.62. The van der Waals surface area contributed by atoms with Crippen molar-refractivity contribution in [2.45, 2.75) is 38.8 Å². The molecule has 1 saturated heterocycles. The Bertz CT molecular complexity index is 406. The first kappa shape index (κ1) is 13.3. The first-order chi connectivity index (χ1) is 8.53. The lowest BCUT2D eigenvalue weighted by Crippen LogP contribution is -2.31. The summed E-state index contributed by atoms with van der Waals surface area (Å²) in [5, 5.41) is 13.5. The third-order valence-corrected chi connectivity index (χ3v) is 3.55. The molecule has 2 N–H and O–H groups in total. The van der Waals surface area contributed by atoms with E-state index in [1.165, 1.54) is 5.56 Å². The quantitative estimate of drug-likeness (QED) is 0.853. The molecule has 1 aliphatic rings. The van der Waals surface area contributed by atoms with Crippen LogP contribution in [0.1, 0.15) is 38.8 Å². The Morgan fingerprint density at radius 3 is 3.00 bits per heavy atom. The number of pyridine rings is 1. The molecule has 4 nitrogen and oxygen atoms in total. The molecule has 0 aliphatic carbocycles. The molecule has 1 aliphatic heterocycles. The highest BCUT2D eigenvalue weighted by molar-refractivity contribution is 5.49. The minimum atomic E-state index is -0.587. The van der Waals surface area contributed by atoms with Gasteiger partial charge in [-0.05, 0) is 32.9 Å². The minimum absolute atomic E-state index is 0.282. The molecule has 1 aromatic heterocycles. The van der Waals surface area contributed by atoms with Gasteiger partial charge in [-0.1, -0.05) is 13.0 Å². The molecule has 2 atom stereocenters. The Kier molecular flexibility index (Phi) is 3.88. The Morgan fingerprint density at radius 1 is 1.61 bits per heavy atom. The second-order valence-corrected chi connectivity index (χ2v) is 5.36. The molecule has 2 rings (SSSR count). The van der Waals surface area contributed by atoms with E-state index in [4.69, 9.17) is 0 Å². The molecule has 2 heterocycles. The van der Waals surface area contributed by atoms with Gasteiger partial charge < -0.3 is 15.3 Å². The highest BCUT2D eigenvalue weighted by Crippen LogP contribution is 2.30. The van der Waals surface area contributed by atoms with E-state index in [-0.39, 0.29) is 6.04 Å². The Hall–Kier alpha value is -1.13. The zero-order valence-corrected chi connectivity index (χ0v) is 11.5. The average Bonchev–Trinajstić information content (AvgIpc) is 2.70. The number of aromatic nitrogens is 1. The van der Waals surface area contributed by atoms with Crippen molar-refractivity contribution in [3.8, 4) is 0 Å². The van der Waals surface area contributed by atoms with E-state index in [0.717, 1.165) is 25.3 Å². The number of hydrogen-bond donors (Lipinski definition) is 2. The average molecular weight is 249 g/mol. The minimum Gasteiger partial charge on any atom is -0.388 e. The molecule has 0 aromatic carbocycles. The van der Waals surface area contributed by atoms with Crippen molar-refractivity contribution < 1.29 is 5.11 Å². The van der Waals surface area contributed by atoms with Crippen LogP contribution in [-0.2, 0) is 0 Å². The van der Waals surface area contributed by atoms with E-state index in [1.807, 2.05) is 19.2 Å². The topological polar surface area (TPSA) is 48.4 Å². The molecule has 2 unspecified atom stereocenters. The lowest BCUT2D eigenvalue weighted by Gasteiger charge is -2.24. The molecule has 4 heteroatoms. The smallest absolute Gasteiger partial charge is 0.133 e. The van der Waals surface area contributed by atoms with E-state index in [2.05, 4.69) is 35.1 Å². The number of nitrogens with one attached hydrogen (secondary N) is 1. The van der Waals surface area contributed by atoms with Gasteiger partial charge in [0.1, 0.15) is 5.82 Å². The number of anilines is 1. The van der Waals surface area contributed by atoms with Crippen molar-refractivity contribution in [2.75, 3.05) is 24.5 Å². The van der Waals surface area contributed by atoms with Gasteiger partial charge >= 0.3 is 0 Å². The van der Waals surface area contributed by atoms with Gasteiger partial charge in [-0.3, -0.25) is 0 Å². The maximum atomic E-state index is 10.1. The van der Waals surface area contributed by atoms with Crippen LogP contribution in [0.25, 0.3) is 0 Å². The fraction of sp³-hybridized carbons (Fsp3) is 0.643. The standard InChI is InChI=1S/C14H23N3O/c1-4-15-11(2)12-6-5-8-16-13(12)17-9-7-14(3,18)10-17/h5-6,8,11,15,18H,4,7,9-10H2,1-3H3. The fourth-order valence-corrected chi connectivity index (χ4v) is 2.55. The lowest BCUT2D eigenvalue weighted by molar-refractivity contribution is 0.0839. The predicted octanol–water partition coefficient (Wildman–Crippen LogP) is 1.71. The van der Waals surface area contributed by atoms with Crippen molar-refractivity contribution >= 4 is 5.82 Å². The molecule has 1 fully saturated rings. The number of β-amino-alcohol motifs (C(OH)–C–C–N with tert-alkyl or cyclic N) is 1. The normalized spacial score (nSPS) is 25.4. The van der Waals surface area contributed by atoms with Crippen LogP contribution in [0.15, 0.2) is 18.3 Å². The summed E-state index contributed by atoms with van der Waals surface area (Å²) in [5.74, 6) is 1.00. The molecule has 0 amide bonds. The van der Waals surface area contributed by atoms with Crippen LogP contribution in [0.5, 0.6) is 0 Å². The molecule has 18 heavy (non-hydrogen) atoms. The first-order valence-corrected chi connectivity index (χ1v) is 6.69. The van der Waals surface area contributed by atoms with E-state index < -0.39 is 5.60 Å². The Balaban J connectivity index is 2.23. The molecule has 0 saturated carbocycles. The van der Waals surface area contributed by atoms with Gasteiger partial charge in [-0.2, -0.15) is 0 Å². The van der Waals surface area contributed by atoms with Crippen molar-refractivity contribution in [2.24, 2.45) is 0 Å². The fourth-order valence-electron chi connectivity index (χ4n) is 2.55. The third-order valence-electron chi connectivity index (χ3n) is 3.55. The monoisotopic (exact) mass is 249 g/mol. The molecule has 0 bridgehead atoms. The summed E-state index contributed by atoms with van der Waals surface area (Å²) in [6.07, 6.45) is 2.63. The molecule has 100 valence electrons. The van der Waals surface area contributed by atoms with Crippen molar-refractivity contribution in [3.63, 3.8) is 0 Å². The van der Waals surface area contributed by atoms with Gasteiger partial charge in [0.2, 0.25) is 0 Å². The highest BCUT2D eigenvalue weighted by Gasteiger charge is 2.33. The van der Waals surface area contributed by atoms with Gasteiger partial charge in [0.05, 0.1) is 5.60 Å². The number of rotatable bonds is 4.